The molecule has 0 bridgehead atoms. The third-order valence-electron chi connectivity index (χ3n) is 2.61. The first-order valence-corrected chi connectivity index (χ1v) is 5.87. The van der Waals surface area contributed by atoms with Crippen LogP contribution in [0.15, 0.2) is 36.4 Å². The number of nitrogens with two attached hydrogens (primary N) is 1. The molecule has 0 aromatic heterocycles. The lowest BCUT2D eigenvalue weighted by Gasteiger charge is -2.09. The van der Waals surface area contributed by atoms with E-state index in [0.717, 1.165) is 5.56 Å². The first-order valence-electron chi connectivity index (χ1n) is 5.50. The van der Waals surface area contributed by atoms with Crippen LogP contribution in [0.25, 0.3) is 0 Å². The van der Waals surface area contributed by atoms with Crippen molar-refractivity contribution in [1.82, 2.24) is 0 Å². The van der Waals surface area contributed by atoms with Gasteiger partial charge in [-0.2, -0.15) is 0 Å². The molecule has 2 aromatic rings. The Morgan fingerprint density at radius 3 is 2.78 bits per heavy atom. The van der Waals surface area contributed by atoms with Crippen LogP contribution in [0.5, 0.6) is 5.75 Å². The third-order valence-corrected chi connectivity index (χ3v) is 2.96. The minimum atomic E-state index is -0.334. The minimum Gasteiger partial charge on any atom is -0.486 e. The fourth-order valence-electron chi connectivity index (χ4n) is 1.58. The Kier molecular flexibility index (Phi) is 3.72. The molecule has 94 valence electrons. The summed E-state index contributed by atoms with van der Waals surface area (Å²) >= 11 is 5.82. The molecule has 2 N–H and O–H groups in total. The highest BCUT2D eigenvalue weighted by molar-refractivity contribution is 6.33. The van der Waals surface area contributed by atoms with Gasteiger partial charge in [-0.25, -0.2) is 4.39 Å². The lowest BCUT2D eigenvalue weighted by atomic mass is 10.2. The van der Waals surface area contributed by atoms with E-state index in [1.165, 1.54) is 0 Å². The Labute approximate surface area is 110 Å². The van der Waals surface area contributed by atoms with Crippen molar-refractivity contribution in [3.63, 3.8) is 0 Å². The minimum absolute atomic E-state index is 0.239. The first-order chi connectivity index (χ1) is 8.58. The smallest absolute Gasteiger partial charge is 0.167 e. The number of rotatable bonds is 3. The van der Waals surface area contributed by atoms with Crippen LogP contribution >= 0.6 is 11.6 Å². The summed E-state index contributed by atoms with van der Waals surface area (Å²) in [6.07, 6.45) is 0. The normalized spacial score (nSPS) is 10.4. The molecule has 0 unspecified atom stereocenters. The van der Waals surface area contributed by atoms with Crippen LogP contribution in [0.3, 0.4) is 0 Å². The molecule has 0 spiro atoms. The van der Waals surface area contributed by atoms with Crippen molar-refractivity contribution in [3.05, 3.63) is 58.4 Å². The number of hydrogen-bond donors (Lipinski definition) is 1. The van der Waals surface area contributed by atoms with Crippen LogP contribution in [-0.4, -0.2) is 0 Å². The average molecular weight is 266 g/mol. The summed E-state index contributed by atoms with van der Waals surface area (Å²) in [6.45, 7) is 1.95. The van der Waals surface area contributed by atoms with E-state index >= 15 is 0 Å². The molecule has 2 rings (SSSR count). The molecule has 0 heterocycles. The molecular weight excluding hydrogens is 253 g/mol. The third kappa shape index (κ3) is 2.74. The molecule has 0 aliphatic carbocycles. The summed E-state index contributed by atoms with van der Waals surface area (Å²) in [6, 6.07) is 10.3. The maximum atomic E-state index is 13.7. The molecule has 0 atom stereocenters. The monoisotopic (exact) mass is 265 g/mol. The summed E-state index contributed by atoms with van der Waals surface area (Å²) in [7, 11) is 0. The highest BCUT2D eigenvalue weighted by atomic mass is 35.5. The SMILES string of the molecule is Cc1cccc(OCc2ccc(Cl)c(N)c2)c1F. The first kappa shape index (κ1) is 12.7. The van der Waals surface area contributed by atoms with Crippen molar-refractivity contribution in [1.29, 1.82) is 0 Å². The highest BCUT2D eigenvalue weighted by Gasteiger charge is 2.06. The standard InChI is InChI=1S/C14H13ClFNO/c1-9-3-2-4-13(14(9)16)18-8-10-5-6-11(15)12(17)7-10/h2-7H,8,17H2,1H3. The average Bonchev–Trinajstić information content (AvgIpc) is 2.35. The van der Waals surface area contributed by atoms with Gasteiger partial charge in [-0.1, -0.05) is 29.8 Å². The van der Waals surface area contributed by atoms with Gasteiger partial charge >= 0.3 is 0 Å². The molecule has 0 aliphatic rings. The summed E-state index contributed by atoms with van der Waals surface area (Å²) < 4.78 is 19.1. The van der Waals surface area contributed by atoms with E-state index < -0.39 is 0 Å². The molecule has 4 heteroatoms. The molecule has 0 aliphatic heterocycles. The van der Waals surface area contributed by atoms with E-state index in [1.54, 1.807) is 43.3 Å². The Morgan fingerprint density at radius 2 is 2.06 bits per heavy atom. The quantitative estimate of drug-likeness (QED) is 0.853. The second kappa shape index (κ2) is 5.27. The van der Waals surface area contributed by atoms with Crippen molar-refractivity contribution in [2.75, 3.05) is 5.73 Å². The molecule has 0 saturated carbocycles. The number of hydrogen-bond acceptors (Lipinski definition) is 2. The van der Waals surface area contributed by atoms with E-state index in [9.17, 15) is 4.39 Å². The maximum Gasteiger partial charge on any atom is 0.167 e. The Hall–Kier alpha value is -1.74. The molecule has 0 fully saturated rings. The van der Waals surface area contributed by atoms with Gasteiger partial charge in [-0.15, -0.1) is 0 Å². The highest BCUT2D eigenvalue weighted by Crippen LogP contribution is 2.23. The van der Waals surface area contributed by atoms with Crippen molar-refractivity contribution in [2.45, 2.75) is 13.5 Å². The van der Waals surface area contributed by atoms with E-state index in [0.29, 0.717) is 16.3 Å². The van der Waals surface area contributed by atoms with Crippen LogP contribution in [0, 0.1) is 12.7 Å². The summed E-state index contributed by atoms with van der Waals surface area (Å²) in [4.78, 5) is 0. The Morgan fingerprint density at radius 1 is 1.28 bits per heavy atom. The lowest BCUT2D eigenvalue weighted by Crippen LogP contribution is -1.99. The zero-order valence-corrected chi connectivity index (χ0v) is 10.7. The molecule has 0 amide bonds. The molecule has 0 saturated heterocycles. The largest absolute Gasteiger partial charge is 0.486 e. The van der Waals surface area contributed by atoms with Gasteiger partial charge in [0.15, 0.2) is 11.6 Å². The van der Waals surface area contributed by atoms with Crippen LogP contribution in [0.1, 0.15) is 11.1 Å². The number of aryl methyl sites for hydroxylation is 1. The zero-order chi connectivity index (χ0) is 13.1. The fourth-order valence-corrected chi connectivity index (χ4v) is 1.69. The summed E-state index contributed by atoms with van der Waals surface area (Å²) in [5, 5.41) is 0.500. The predicted octanol–water partition coefficient (Wildman–Crippen LogP) is 3.95. The molecule has 2 nitrogen and oxygen atoms in total. The van der Waals surface area contributed by atoms with Gasteiger partial charge in [-0.05, 0) is 36.2 Å². The van der Waals surface area contributed by atoms with E-state index in [-0.39, 0.29) is 18.2 Å². The number of anilines is 1. The van der Waals surface area contributed by atoms with Gasteiger partial charge in [-0.3, -0.25) is 0 Å². The summed E-state index contributed by atoms with van der Waals surface area (Å²) in [5.74, 6) is -0.0945. The maximum absolute atomic E-state index is 13.7. The van der Waals surface area contributed by atoms with Crippen molar-refractivity contribution < 1.29 is 9.13 Å². The molecule has 0 radical (unpaired) electrons. The predicted molar refractivity (Wildman–Crippen MR) is 71.3 cm³/mol. The fraction of sp³-hybridized carbons (Fsp3) is 0.143. The number of nitrogen functional groups attached to an aromatic ring is 1. The number of ether oxygens (including phenoxy) is 1. The van der Waals surface area contributed by atoms with Crippen LogP contribution in [0.4, 0.5) is 10.1 Å². The van der Waals surface area contributed by atoms with Gasteiger partial charge in [0.25, 0.3) is 0 Å². The summed E-state index contributed by atoms with van der Waals surface area (Å²) in [5.41, 5.74) is 7.57. The molecular formula is C14H13ClFNO. The van der Waals surface area contributed by atoms with Gasteiger partial charge in [0.1, 0.15) is 6.61 Å². The van der Waals surface area contributed by atoms with Gasteiger partial charge in [0, 0.05) is 0 Å². The van der Waals surface area contributed by atoms with Crippen molar-refractivity contribution in [3.8, 4) is 5.75 Å². The number of halogens is 2. The van der Waals surface area contributed by atoms with Crippen molar-refractivity contribution >= 4 is 17.3 Å². The van der Waals surface area contributed by atoms with E-state index in [1.807, 2.05) is 0 Å². The van der Waals surface area contributed by atoms with Crippen LogP contribution in [-0.2, 0) is 6.61 Å². The topological polar surface area (TPSA) is 35.2 Å². The van der Waals surface area contributed by atoms with Gasteiger partial charge < -0.3 is 10.5 Å². The zero-order valence-electron chi connectivity index (χ0n) is 9.91. The van der Waals surface area contributed by atoms with Crippen molar-refractivity contribution in [2.24, 2.45) is 0 Å². The molecule has 2 aromatic carbocycles. The van der Waals surface area contributed by atoms with Crippen LogP contribution < -0.4 is 10.5 Å². The Balaban J connectivity index is 2.11. The lowest BCUT2D eigenvalue weighted by molar-refractivity contribution is 0.289. The molecule has 18 heavy (non-hydrogen) atoms. The number of benzene rings is 2. The van der Waals surface area contributed by atoms with Gasteiger partial charge in [0.05, 0.1) is 10.7 Å². The van der Waals surface area contributed by atoms with Gasteiger partial charge in [0.2, 0.25) is 0 Å². The second-order valence-corrected chi connectivity index (χ2v) is 4.44. The van der Waals surface area contributed by atoms with Crippen LogP contribution in [0.2, 0.25) is 5.02 Å². The van der Waals surface area contributed by atoms with E-state index in [2.05, 4.69) is 0 Å². The Bertz CT molecular complexity index is 572. The van der Waals surface area contributed by atoms with E-state index in [4.69, 9.17) is 22.1 Å². The second-order valence-electron chi connectivity index (χ2n) is 4.03.